The van der Waals surface area contributed by atoms with E-state index in [1.54, 1.807) is 24.3 Å². The van der Waals surface area contributed by atoms with Crippen molar-refractivity contribution in [2.24, 2.45) is 0 Å². The normalized spacial score (nSPS) is 12.7. The van der Waals surface area contributed by atoms with Crippen molar-refractivity contribution in [3.63, 3.8) is 0 Å². The summed E-state index contributed by atoms with van der Waals surface area (Å²) in [5, 5.41) is 22.3. The van der Waals surface area contributed by atoms with Crippen LogP contribution in [0.2, 0.25) is 0 Å². The number of ketones is 1. The number of benzene rings is 6. The second-order valence-electron chi connectivity index (χ2n) is 12.8. The fourth-order valence-electron chi connectivity index (χ4n) is 7.57. The van der Waals surface area contributed by atoms with Crippen LogP contribution >= 0.6 is 0 Å². The number of Topliss-reactive ketones (excluding diaryl/α,β-unsaturated/α-hetero) is 1. The summed E-state index contributed by atoms with van der Waals surface area (Å²) in [5.41, 5.74) is 9.67. The molecule has 0 amide bonds. The molecule has 6 aromatic carbocycles. The smallest absolute Gasteiger partial charge is 0.147 e. The summed E-state index contributed by atoms with van der Waals surface area (Å²) in [6, 6.07) is 51.4. The van der Waals surface area contributed by atoms with E-state index in [2.05, 4.69) is 57.7 Å². The number of carbonyl (C=O) groups excluding carboxylic acids is 1. The molecule has 2 heterocycles. The Balaban J connectivity index is 1.36. The zero-order valence-corrected chi connectivity index (χ0v) is 27.9. The SMILES string of the molecule is CC(C(=O)C(C)c1c(-c2ccccc2)n(-c2ccc(O)cc2)c2ccccc12)c1c(-c2ccccc2)n(-c2ccc(O)cc2)c2ccccc12. The minimum Gasteiger partial charge on any atom is -0.508 e. The molecular weight excluding hydrogens is 617 g/mol. The predicted octanol–water partition coefficient (Wildman–Crippen LogP) is 10.8. The second-order valence-corrected chi connectivity index (χ2v) is 12.8. The molecule has 0 bridgehead atoms. The molecule has 0 spiro atoms. The van der Waals surface area contributed by atoms with Gasteiger partial charge in [-0.05, 0) is 82.9 Å². The van der Waals surface area contributed by atoms with E-state index in [1.165, 1.54) is 0 Å². The lowest BCUT2D eigenvalue weighted by atomic mass is 9.82. The van der Waals surface area contributed by atoms with Gasteiger partial charge in [0.15, 0.2) is 0 Å². The van der Waals surface area contributed by atoms with Crippen LogP contribution < -0.4 is 0 Å². The maximum Gasteiger partial charge on any atom is 0.147 e. The fraction of sp³-hybridized carbons (Fsp3) is 0.0889. The Labute approximate surface area is 290 Å². The molecule has 0 radical (unpaired) electrons. The fourth-order valence-corrected chi connectivity index (χ4v) is 7.57. The van der Waals surface area contributed by atoms with Gasteiger partial charge in [0.2, 0.25) is 0 Å². The van der Waals surface area contributed by atoms with Gasteiger partial charge in [-0.2, -0.15) is 0 Å². The first-order chi connectivity index (χ1) is 24.4. The molecule has 0 aliphatic carbocycles. The van der Waals surface area contributed by atoms with Crippen LogP contribution in [0.1, 0.15) is 36.8 Å². The van der Waals surface area contributed by atoms with Crippen LogP contribution in [0.15, 0.2) is 158 Å². The Morgan fingerprint density at radius 1 is 0.460 bits per heavy atom. The van der Waals surface area contributed by atoms with Crippen molar-refractivity contribution in [3.8, 4) is 45.4 Å². The molecule has 0 fully saturated rings. The Bertz CT molecular complexity index is 2300. The molecule has 0 aliphatic rings. The average molecular weight is 653 g/mol. The highest BCUT2D eigenvalue weighted by Gasteiger charge is 2.33. The van der Waals surface area contributed by atoms with Crippen LogP contribution in [0, 0.1) is 0 Å². The number of hydrogen-bond donors (Lipinski definition) is 2. The van der Waals surface area contributed by atoms with E-state index in [0.29, 0.717) is 0 Å². The summed E-state index contributed by atoms with van der Waals surface area (Å²) in [6.45, 7) is 4.07. The van der Waals surface area contributed by atoms with Gasteiger partial charge in [0, 0.05) is 34.0 Å². The Morgan fingerprint density at radius 2 is 0.800 bits per heavy atom. The van der Waals surface area contributed by atoms with Crippen LogP contribution in [-0.4, -0.2) is 25.1 Å². The molecule has 2 atom stereocenters. The van der Waals surface area contributed by atoms with E-state index in [4.69, 9.17) is 0 Å². The van der Waals surface area contributed by atoms with Gasteiger partial charge in [0.05, 0.1) is 22.4 Å². The van der Waals surface area contributed by atoms with E-state index in [-0.39, 0.29) is 17.3 Å². The Hall–Kier alpha value is -6.33. The number of fused-ring (bicyclic) bond motifs is 2. The maximum atomic E-state index is 15.2. The van der Waals surface area contributed by atoms with E-state index in [9.17, 15) is 10.2 Å². The molecular formula is C45H36N2O3. The van der Waals surface area contributed by atoms with Gasteiger partial charge in [0.25, 0.3) is 0 Å². The third-order valence-corrected chi connectivity index (χ3v) is 9.86. The minimum absolute atomic E-state index is 0.113. The first-order valence-corrected chi connectivity index (χ1v) is 16.9. The first kappa shape index (κ1) is 31.0. The molecule has 50 heavy (non-hydrogen) atoms. The van der Waals surface area contributed by atoms with Gasteiger partial charge in [-0.15, -0.1) is 0 Å². The molecule has 2 N–H and O–H groups in total. The summed E-state index contributed by atoms with van der Waals surface area (Å²) >= 11 is 0. The zero-order valence-electron chi connectivity index (χ0n) is 27.9. The topological polar surface area (TPSA) is 67.4 Å². The molecule has 2 aromatic heterocycles. The highest BCUT2D eigenvalue weighted by molar-refractivity contribution is 6.05. The number of para-hydroxylation sites is 2. The zero-order chi connectivity index (χ0) is 34.4. The number of carbonyl (C=O) groups is 1. The third-order valence-electron chi connectivity index (χ3n) is 9.86. The lowest BCUT2D eigenvalue weighted by Gasteiger charge is -2.21. The predicted molar refractivity (Wildman–Crippen MR) is 203 cm³/mol. The van der Waals surface area contributed by atoms with Gasteiger partial charge >= 0.3 is 0 Å². The minimum atomic E-state index is -0.470. The van der Waals surface area contributed by atoms with E-state index in [1.807, 2.05) is 98.8 Å². The highest BCUT2D eigenvalue weighted by Crippen LogP contribution is 2.46. The van der Waals surface area contributed by atoms with Crippen LogP contribution in [0.4, 0.5) is 0 Å². The lowest BCUT2D eigenvalue weighted by molar-refractivity contribution is -0.121. The lowest BCUT2D eigenvalue weighted by Crippen LogP contribution is -2.18. The molecule has 244 valence electrons. The molecule has 8 rings (SSSR count). The van der Waals surface area contributed by atoms with Crippen molar-refractivity contribution >= 4 is 27.6 Å². The number of hydrogen-bond acceptors (Lipinski definition) is 3. The quantitative estimate of drug-likeness (QED) is 0.172. The van der Waals surface area contributed by atoms with Crippen LogP contribution in [0.5, 0.6) is 11.5 Å². The molecule has 0 saturated carbocycles. The first-order valence-electron chi connectivity index (χ1n) is 16.9. The number of phenolic OH excluding ortho intramolecular Hbond substituents is 2. The summed E-state index contributed by atoms with van der Waals surface area (Å²) < 4.78 is 4.42. The molecule has 0 aliphatic heterocycles. The molecule has 8 aromatic rings. The number of nitrogens with zero attached hydrogens (tertiary/aromatic N) is 2. The monoisotopic (exact) mass is 652 g/mol. The highest BCUT2D eigenvalue weighted by atomic mass is 16.3. The van der Waals surface area contributed by atoms with E-state index >= 15 is 4.79 Å². The third kappa shape index (κ3) is 5.15. The van der Waals surface area contributed by atoms with Crippen molar-refractivity contribution in [3.05, 3.63) is 169 Å². The Kier molecular flexibility index (Phi) is 7.81. The number of aromatic nitrogens is 2. The Morgan fingerprint density at radius 3 is 1.18 bits per heavy atom. The van der Waals surface area contributed by atoms with Gasteiger partial charge < -0.3 is 19.3 Å². The number of rotatable bonds is 8. The van der Waals surface area contributed by atoms with Gasteiger partial charge in [-0.3, -0.25) is 4.79 Å². The standard InChI is InChI=1S/C45H36N2O3/c1-29(41-37-17-9-11-19-39(37)46(33-21-25-35(48)26-22-33)43(41)31-13-5-3-6-14-31)45(50)30(2)42-38-18-10-12-20-40(38)47(34-23-27-36(49)28-24-34)44(42)32-15-7-4-8-16-32/h3-30,48-49H,1-2H3. The molecule has 5 nitrogen and oxygen atoms in total. The van der Waals surface area contributed by atoms with Crippen molar-refractivity contribution in [2.75, 3.05) is 0 Å². The summed E-state index contributed by atoms with van der Waals surface area (Å²) in [7, 11) is 0. The van der Waals surface area contributed by atoms with Crippen LogP contribution in [-0.2, 0) is 4.79 Å². The van der Waals surface area contributed by atoms with Gasteiger partial charge in [-0.25, -0.2) is 0 Å². The van der Waals surface area contributed by atoms with Gasteiger partial charge in [0.1, 0.15) is 17.3 Å². The summed E-state index contributed by atoms with van der Waals surface area (Å²) in [4.78, 5) is 15.2. The average Bonchev–Trinajstić information content (AvgIpc) is 3.69. The van der Waals surface area contributed by atoms with Crippen molar-refractivity contribution in [1.29, 1.82) is 0 Å². The molecule has 2 unspecified atom stereocenters. The van der Waals surface area contributed by atoms with Crippen LogP contribution in [0.3, 0.4) is 0 Å². The van der Waals surface area contributed by atoms with E-state index in [0.717, 1.165) is 66.8 Å². The molecule has 0 saturated heterocycles. The van der Waals surface area contributed by atoms with Crippen molar-refractivity contribution in [2.45, 2.75) is 25.7 Å². The van der Waals surface area contributed by atoms with Crippen LogP contribution in [0.25, 0.3) is 55.7 Å². The summed E-state index contributed by atoms with van der Waals surface area (Å²) in [6.07, 6.45) is 0. The van der Waals surface area contributed by atoms with E-state index < -0.39 is 11.8 Å². The maximum absolute atomic E-state index is 15.2. The number of aromatic hydroxyl groups is 2. The largest absolute Gasteiger partial charge is 0.508 e. The summed E-state index contributed by atoms with van der Waals surface area (Å²) in [5.74, 6) is -0.429. The second kappa shape index (κ2) is 12.6. The molecule has 5 heteroatoms. The van der Waals surface area contributed by atoms with Crippen molar-refractivity contribution < 1.29 is 15.0 Å². The number of phenols is 2. The van der Waals surface area contributed by atoms with Gasteiger partial charge in [-0.1, -0.05) is 111 Å². The van der Waals surface area contributed by atoms with Crippen molar-refractivity contribution in [1.82, 2.24) is 9.13 Å².